The second kappa shape index (κ2) is 4.23. The number of rotatable bonds is 0. The van der Waals surface area contributed by atoms with Crippen molar-refractivity contribution in [2.45, 2.75) is 6.92 Å². The molecule has 0 heterocycles. The molecule has 0 saturated heterocycles. The maximum atomic E-state index is 5.15. The van der Waals surface area contributed by atoms with E-state index in [4.69, 9.17) is 6.42 Å². The Hall–Kier alpha value is -0.623. The third-order valence-electron chi connectivity index (χ3n) is 1.22. The van der Waals surface area contributed by atoms with Gasteiger partial charge in [0.15, 0.2) is 0 Å². The molecule has 0 atom stereocenters. The second-order valence-corrected chi connectivity index (χ2v) is 2.01. The van der Waals surface area contributed by atoms with Gasteiger partial charge in [-0.05, 0) is 19.1 Å². The molecule has 0 unspecified atom stereocenters. The van der Waals surface area contributed by atoms with Crippen LogP contribution in [0.2, 0.25) is 0 Å². The maximum Gasteiger partial charge on any atom is 1.00 e. The molecule has 46 valence electrons. The minimum absolute atomic E-state index is 0. The second-order valence-electron chi connectivity index (χ2n) is 2.01. The maximum absolute atomic E-state index is 5.15. The Morgan fingerprint density at radius 1 is 1.30 bits per heavy atom. The zero-order valence-corrected chi connectivity index (χ0v) is 6.39. The van der Waals surface area contributed by atoms with E-state index >= 15 is 0 Å². The molecule has 0 aliphatic rings. The number of hydrogen-bond donors (Lipinski definition) is 0. The van der Waals surface area contributed by atoms with Crippen LogP contribution in [0.3, 0.4) is 0 Å². The number of aryl methyl sites for hydroxylation is 1. The van der Waals surface area contributed by atoms with E-state index in [2.05, 4.69) is 5.92 Å². The molecule has 0 amide bonds. The molecule has 0 N–H and O–H groups in total. The minimum atomic E-state index is 0. The van der Waals surface area contributed by atoms with Crippen molar-refractivity contribution < 1.29 is 20.3 Å². The van der Waals surface area contributed by atoms with Crippen LogP contribution in [0, 0.1) is 19.3 Å². The minimum Gasteiger partial charge on any atom is -1.00 e. The molecule has 10 heavy (non-hydrogen) atoms. The van der Waals surface area contributed by atoms with E-state index in [-0.39, 0.29) is 20.3 Å². The van der Waals surface area contributed by atoms with Gasteiger partial charge in [0, 0.05) is 5.56 Å². The smallest absolute Gasteiger partial charge is 1.00 e. The molecule has 0 bridgehead atoms. The van der Waals surface area contributed by atoms with Gasteiger partial charge >= 0.3 is 18.9 Å². The third-order valence-corrected chi connectivity index (χ3v) is 1.22. The summed E-state index contributed by atoms with van der Waals surface area (Å²) in [6, 6.07) is 7.90. The monoisotopic (exact) mass is 124 g/mol. The van der Waals surface area contributed by atoms with Gasteiger partial charge in [0.25, 0.3) is 0 Å². The molecule has 0 saturated carbocycles. The predicted octanol–water partition coefficient (Wildman–Crippen LogP) is -0.907. The predicted molar refractivity (Wildman–Crippen MR) is 40.2 cm³/mol. The third kappa shape index (κ3) is 2.32. The van der Waals surface area contributed by atoms with Gasteiger partial charge in [-0.25, -0.2) is 0 Å². The average molecular weight is 124 g/mol. The van der Waals surface area contributed by atoms with Gasteiger partial charge in [-0.3, -0.25) is 0 Å². The van der Waals surface area contributed by atoms with Gasteiger partial charge in [0.1, 0.15) is 0 Å². The quantitative estimate of drug-likeness (QED) is 0.310. The standard InChI is InChI=1S/C9H8.Li.H/c1-3-9-6-4-8(2)5-7-9;;/h1,4-7H,2H3;;/q;+1;-1. The van der Waals surface area contributed by atoms with Gasteiger partial charge in [-0.15, -0.1) is 6.42 Å². The summed E-state index contributed by atoms with van der Waals surface area (Å²) in [5, 5.41) is 0. The van der Waals surface area contributed by atoms with Crippen molar-refractivity contribution in [3.63, 3.8) is 0 Å². The summed E-state index contributed by atoms with van der Waals surface area (Å²) in [6.45, 7) is 2.04. The molecule has 0 radical (unpaired) electrons. The Kier molecular flexibility index (Phi) is 3.97. The van der Waals surface area contributed by atoms with Crippen molar-refractivity contribution in [2.75, 3.05) is 0 Å². The summed E-state index contributed by atoms with van der Waals surface area (Å²) in [4.78, 5) is 0. The van der Waals surface area contributed by atoms with Crippen LogP contribution in [0.4, 0.5) is 0 Å². The Morgan fingerprint density at radius 3 is 2.20 bits per heavy atom. The van der Waals surface area contributed by atoms with Crippen molar-refractivity contribution >= 4 is 0 Å². The van der Waals surface area contributed by atoms with Crippen molar-refractivity contribution in [2.24, 2.45) is 0 Å². The number of hydrogen-bond acceptors (Lipinski definition) is 0. The summed E-state index contributed by atoms with van der Waals surface area (Å²) in [5.41, 5.74) is 2.19. The van der Waals surface area contributed by atoms with Crippen molar-refractivity contribution in [1.82, 2.24) is 0 Å². The summed E-state index contributed by atoms with van der Waals surface area (Å²) in [7, 11) is 0. The Balaban J connectivity index is 0. The molecule has 0 aromatic heterocycles. The zero-order valence-electron chi connectivity index (χ0n) is 7.39. The van der Waals surface area contributed by atoms with Crippen LogP contribution in [0.1, 0.15) is 12.6 Å². The molecular weight excluding hydrogens is 115 g/mol. The van der Waals surface area contributed by atoms with Gasteiger partial charge in [0.05, 0.1) is 0 Å². The molecule has 1 rings (SSSR count). The van der Waals surface area contributed by atoms with Crippen LogP contribution >= 0.6 is 0 Å². The molecular formula is C9H9Li. The van der Waals surface area contributed by atoms with Crippen LogP contribution in [-0.4, -0.2) is 0 Å². The van der Waals surface area contributed by atoms with Crippen molar-refractivity contribution in [1.29, 1.82) is 0 Å². The number of terminal acetylenes is 1. The Labute approximate surface area is 75.3 Å². The van der Waals surface area contributed by atoms with Crippen LogP contribution in [-0.2, 0) is 0 Å². The SMILES string of the molecule is C#Cc1ccc(C)cc1.[H-].[Li+]. The van der Waals surface area contributed by atoms with E-state index < -0.39 is 0 Å². The largest absolute Gasteiger partial charge is 1.00 e. The van der Waals surface area contributed by atoms with Crippen LogP contribution in [0.25, 0.3) is 0 Å². The first kappa shape index (κ1) is 9.38. The average Bonchev–Trinajstić information content (AvgIpc) is 1.90. The fourth-order valence-electron chi connectivity index (χ4n) is 0.650. The molecule has 0 aliphatic carbocycles. The topological polar surface area (TPSA) is 0 Å². The van der Waals surface area contributed by atoms with E-state index in [9.17, 15) is 0 Å². The zero-order chi connectivity index (χ0) is 6.69. The van der Waals surface area contributed by atoms with Crippen molar-refractivity contribution in [3.05, 3.63) is 35.4 Å². The normalized spacial score (nSPS) is 7.60. The molecule has 0 fully saturated rings. The molecule has 1 heteroatoms. The van der Waals surface area contributed by atoms with E-state index in [1.807, 2.05) is 31.2 Å². The first-order chi connectivity index (χ1) is 4.33. The first-order valence-electron chi connectivity index (χ1n) is 2.86. The number of benzene rings is 1. The fraction of sp³-hybridized carbons (Fsp3) is 0.111. The van der Waals surface area contributed by atoms with Gasteiger partial charge < -0.3 is 1.43 Å². The van der Waals surface area contributed by atoms with Gasteiger partial charge in [0.2, 0.25) is 0 Å². The van der Waals surface area contributed by atoms with Crippen molar-refractivity contribution in [3.8, 4) is 12.3 Å². The molecule has 0 aliphatic heterocycles. The Morgan fingerprint density at radius 2 is 1.80 bits per heavy atom. The van der Waals surface area contributed by atoms with Crippen LogP contribution in [0.5, 0.6) is 0 Å². The van der Waals surface area contributed by atoms with E-state index in [1.165, 1.54) is 5.56 Å². The van der Waals surface area contributed by atoms with Crippen LogP contribution < -0.4 is 18.9 Å². The first-order valence-corrected chi connectivity index (χ1v) is 2.86. The summed E-state index contributed by atoms with van der Waals surface area (Å²) >= 11 is 0. The molecule has 0 nitrogen and oxygen atoms in total. The van der Waals surface area contributed by atoms with Crippen LogP contribution in [0.15, 0.2) is 24.3 Å². The molecule has 0 spiro atoms. The van der Waals surface area contributed by atoms with Gasteiger partial charge in [-0.1, -0.05) is 23.6 Å². The van der Waals surface area contributed by atoms with E-state index in [0.717, 1.165) is 5.56 Å². The molecule has 1 aromatic rings. The van der Waals surface area contributed by atoms with E-state index in [0.29, 0.717) is 0 Å². The summed E-state index contributed by atoms with van der Waals surface area (Å²) < 4.78 is 0. The molecule has 1 aromatic carbocycles. The fourth-order valence-corrected chi connectivity index (χ4v) is 0.650. The summed E-state index contributed by atoms with van der Waals surface area (Å²) in [6.07, 6.45) is 5.15. The van der Waals surface area contributed by atoms with Gasteiger partial charge in [-0.2, -0.15) is 0 Å². The Bertz CT molecular complexity index is 233. The summed E-state index contributed by atoms with van der Waals surface area (Å²) in [5.74, 6) is 2.55. The van der Waals surface area contributed by atoms with E-state index in [1.54, 1.807) is 0 Å².